The fraction of sp³-hybridized carbons (Fsp3) is 0. The van der Waals surface area contributed by atoms with E-state index >= 15 is 0 Å². The Kier molecular flexibility index (Phi) is 3.30. The summed E-state index contributed by atoms with van der Waals surface area (Å²) in [7, 11) is 0. The van der Waals surface area contributed by atoms with E-state index < -0.39 is 11.9 Å². The molecule has 19 heavy (non-hydrogen) atoms. The fourth-order valence-electron chi connectivity index (χ4n) is 1.69. The zero-order valence-electron chi connectivity index (χ0n) is 9.92. The number of carbonyl (C=O) groups excluding carboxylic acids is 1. The van der Waals surface area contributed by atoms with E-state index in [0.29, 0.717) is 16.9 Å². The standard InChI is InChI=1S/C13H11N5O/c14-8-11-5-2-6-18(11)10-4-1-3-9(7-10)12(19)17-13(15)16/h1-7H,(H4,15,16,17,19). The molecule has 2 rings (SSSR count). The Bertz CT molecular complexity index is 680. The van der Waals surface area contributed by atoms with Crippen LogP contribution in [0.15, 0.2) is 42.6 Å². The minimum absolute atomic E-state index is 0.366. The van der Waals surface area contributed by atoms with Crippen LogP contribution in [0.5, 0.6) is 0 Å². The van der Waals surface area contributed by atoms with Gasteiger partial charge in [0.15, 0.2) is 5.96 Å². The lowest BCUT2D eigenvalue weighted by Gasteiger charge is -2.07. The molecule has 0 saturated heterocycles. The molecular formula is C13H11N5O. The molecule has 0 aliphatic heterocycles. The van der Waals surface area contributed by atoms with Gasteiger partial charge in [-0.3, -0.25) is 15.5 Å². The van der Waals surface area contributed by atoms with Gasteiger partial charge in [-0.1, -0.05) is 6.07 Å². The third-order valence-electron chi connectivity index (χ3n) is 2.50. The van der Waals surface area contributed by atoms with Gasteiger partial charge in [-0.05, 0) is 30.3 Å². The third kappa shape index (κ3) is 2.61. The molecule has 1 aromatic carbocycles. The quantitative estimate of drug-likeness (QED) is 0.548. The molecule has 6 heteroatoms. The molecule has 4 N–H and O–H groups in total. The highest BCUT2D eigenvalue weighted by atomic mass is 16.1. The van der Waals surface area contributed by atoms with Crippen molar-refractivity contribution in [3.05, 3.63) is 53.9 Å². The second kappa shape index (κ2) is 5.06. The maximum Gasteiger partial charge on any atom is 0.258 e. The minimum Gasteiger partial charge on any atom is -0.370 e. The highest BCUT2D eigenvalue weighted by Gasteiger charge is 2.08. The van der Waals surface area contributed by atoms with Crippen molar-refractivity contribution >= 4 is 11.9 Å². The number of rotatable bonds is 2. The number of amides is 1. The van der Waals surface area contributed by atoms with Crippen LogP contribution in [0.4, 0.5) is 0 Å². The average molecular weight is 253 g/mol. The van der Waals surface area contributed by atoms with Crippen LogP contribution in [0.25, 0.3) is 5.69 Å². The Morgan fingerprint density at radius 2 is 2.16 bits per heavy atom. The van der Waals surface area contributed by atoms with E-state index in [1.54, 1.807) is 47.2 Å². The van der Waals surface area contributed by atoms with Crippen molar-refractivity contribution < 1.29 is 4.79 Å². The number of hydrogen-bond acceptors (Lipinski definition) is 3. The Morgan fingerprint density at radius 1 is 1.37 bits per heavy atom. The van der Waals surface area contributed by atoms with Crippen LogP contribution < -0.4 is 11.1 Å². The topological polar surface area (TPSA) is 108 Å². The van der Waals surface area contributed by atoms with Crippen LogP contribution in [-0.2, 0) is 0 Å². The van der Waals surface area contributed by atoms with Gasteiger partial charge in [-0.15, -0.1) is 0 Å². The van der Waals surface area contributed by atoms with Crippen molar-refractivity contribution in [3.8, 4) is 11.8 Å². The normalized spacial score (nSPS) is 9.63. The predicted molar refractivity (Wildman–Crippen MR) is 69.9 cm³/mol. The van der Waals surface area contributed by atoms with E-state index in [1.807, 2.05) is 0 Å². The van der Waals surface area contributed by atoms with Crippen LogP contribution in [0.3, 0.4) is 0 Å². The summed E-state index contributed by atoms with van der Waals surface area (Å²) in [6.45, 7) is 0. The fourth-order valence-corrected chi connectivity index (χ4v) is 1.69. The zero-order chi connectivity index (χ0) is 13.8. The first kappa shape index (κ1) is 12.4. The molecule has 0 aliphatic carbocycles. The number of hydrogen-bond donors (Lipinski definition) is 3. The van der Waals surface area contributed by atoms with Crippen molar-refractivity contribution in [2.24, 2.45) is 5.73 Å². The van der Waals surface area contributed by atoms with Gasteiger partial charge in [0.05, 0.1) is 0 Å². The highest BCUT2D eigenvalue weighted by molar-refractivity contribution is 6.04. The maximum absolute atomic E-state index is 11.7. The Hall–Kier alpha value is -3.07. The van der Waals surface area contributed by atoms with Crippen LogP contribution in [-0.4, -0.2) is 16.4 Å². The molecule has 1 heterocycles. The Morgan fingerprint density at radius 3 is 2.84 bits per heavy atom. The molecular weight excluding hydrogens is 242 g/mol. The summed E-state index contributed by atoms with van der Waals surface area (Å²) in [6.07, 6.45) is 1.74. The van der Waals surface area contributed by atoms with E-state index in [9.17, 15) is 4.79 Å². The second-order valence-electron chi connectivity index (χ2n) is 3.79. The smallest absolute Gasteiger partial charge is 0.258 e. The first-order valence-electron chi connectivity index (χ1n) is 5.45. The van der Waals surface area contributed by atoms with Crippen LogP contribution in [0.2, 0.25) is 0 Å². The summed E-state index contributed by atoms with van der Waals surface area (Å²) in [5.41, 5.74) is 6.65. The largest absolute Gasteiger partial charge is 0.370 e. The van der Waals surface area contributed by atoms with Gasteiger partial charge >= 0.3 is 0 Å². The molecule has 1 aromatic heterocycles. The Labute approximate surface area is 109 Å². The summed E-state index contributed by atoms with van der Waals surface area (Å²) >= 11 is 0. The van der Waals surface area contributed by atoms with E-state index in [2.05, 4.69) is 11.4 Å². The number of nitriles is 1. The maximum atomic E-state index is 11.7. The van der Waals surface area contributed by atoms with Crippen molar-refractivity contribution in [1.82, 2.24) is 9.88 Å². The van der Waals surface area contributed by atoms with Crippen molar-refractivity contribution in [3.63, 3.8) is 0 Å². The number of nitrogens with zero attached hydrogens (tertiary/aromatic N) is 2. The molecule has 0 unspecified atom stereocenters. The summed E-state index contributed by atoms with van der Waals surface area (Å²) in [5, 5.41) is 18.2. The average Bonchev–Trinajstić information content (AvgIpc) is 2.86. The summed E-state index contributed by atoms with van der Waals surface area (Å²) < 4.78 is 1.67. The van der Waals surface area contributed by atoms with Crippen LogP contribution >= 0.6 is 0 Å². The molecule has 6 nitrogen and oxygen atoms in total. The van der Waals surface area contributed by atoms with Crippen molar-refractivity contribution in [2.45, 2.75) is 0 Å². The van der Waals surface area contributed by atoms with Gasteiger partial charge in [0.25, 0.3) is 5.91 Å². The summed E-state index contributed by atoms with van der Waals surface area (Å²) in [5.74, 6) is -0.867. The molecule has 0 aliphatic rings. The molecule has 1 amide bonds. The van der Waals surface area contributed by atoms with Crippen molar-refractivity contribution in [2.75, 3.05) is 0 Å². The first-order valence-corrected chi connectivity index (χ1v) is 5.45. The first-order chi connectivity index (χ1) is 9.11. The second-order valence-corrected chi connectivity index (χ2v) is 3.79. The SMILES string of the molecule is N#Cc1cccn1-c1cccc(C(=O)NC(=N)N)c1. The molecule has 94 valence electrons. The van der Waals surface area contributed by atoms with E-state index in [1.165, 1.54) is 0 Å². The van der Waals surface area contributed by atoms with Crippen LogP contribution in [0, 0.1) is 16.7 Å². The number of nitrogens with two attached hydrogens (primary N) is 1. The van der Waals surface area contributed by atoms with E-state index in [0.717, 1.165) is 0 Å². The van der Waals surface area contributed by atoms with Crippen molar-refractivity contribution in [1.29, 1.82) is 10.7 Å². The number of nitrogens with one attached hydrogen (secondary N) is 2. The third-order valence-corrected chi connectivity index (χ3v) is 2.50. The lowest BCUT2D eigenvalue weighted by atomic mass is 10.2. The minimum atomic E-state index is -0.458. The molecule has 2 aromatic rings. The molecule has 0 fully saturated rings. The van der Waals surface area contributed by atoms with Gasteiger partial charge in [0, 0.05) is 17.4 Å². The van der Waals surface area contributed by atoms with Gasteiger partial charge in [0.1, 0.15) is 11.8 Å². The van der Waals surface area contributed by atoms with Gasteiger partial charge in [-0.2, -0.15) is 5.26 Å². The molecule has 0 bridgehead atoms. The molecule has 0 atom stereocenters. The van der Waals surface area contributed by atoms with Gasteiger partial charge in [-0.25, -0.2) is 0 Å². The number of guanidine groups is 1. The van der Waals surface area contributed by atoms with E-state index in [4.69, 9.17) is 16.4 Å². The lowest BCUT2D eigenvalue weighted by Crippen LogP contribution is -2.35. The van der Waals surface area contributed by atoms with Crippen LogP contribution in [0.1, 0.15) is 16.1 Å². The van der Waals surface area contributed by atoms with Gasteiger partial charge in [0.2, 0.25) is 0 Å². The number of benzene rings is 1. The monoisotopic (exact) mass is 253 g/mol. The summed E-state index contributed by atoms with van der Waals surface area (Å²) in [4.78, 5) is 11.7. The summed E-state index contributed by atoms with van der Waals surface area (Å²) in [6, 6.07) is 12.2. The molecule has 0 spiro atoms. The zero-order valence-corrected chi connectivity index (χ0v) is 9.92. The Balaban J connectivity index is 2.38. The number of carbonyl (C=O) groups is 1. The van der Waals surface area contributed by atoms with Gasteiger partial charge < -0.3 is 10.3 Å². The van der Waals surface area contributed by atoms with E-state index in [-0.39, 0.29) is 0 Å². The predicted octanol–water partition coefficient (Wildman–Crippen LogP) is 0.972. The molecule has 0 radical (unpaired) electrons. The highest BCUT2D eigenvalue weighted by Crippen LogP contribution is 2.14. The lowest BCUT2D eigenvalue weighted by molar-refractivity contribution is 0.0976. The molecule has 0 saturated carbocycles. The number of aromatic nitrogens is 1.